The quantitative estimate of drug-likeness (QED) is 0.289. The van der Waals surface area contributed by atoms with E-state index < -0.39 is 9.92 Å². The molecule has 35 heavy (non-hydrogen) atoms. The number of para-hydroxylation sites is 3. The van der Waals surface area contributed by atoms with E-state index in [1.165, 1.54) is 29.8 Å². The average molecular weight is 548 g/mol. The molecule has 2 aliphatic heterocycles. The predicted molar refractivity (Wildman–Crippen MR) is 143 cm³/mol. The number of benzene rings is 3. The van der Waals surface area contributed by atoms with Crippen LogP contribution in [0, 0.1) is 10.1 Å². The van der Waals surface area contributed by atoms with Crippen LogP contribution in [0.15, 0.2) is 106 Å². The van der Waals surface area contributed by atoms with E-state index in [9.17, 15) is 14.9 Å². The number of nitro benzene ring substituents is 1. The Bertz CT molecular complexity index is 1410. The van der Waals surface area contributed by atoms with Gasteiger partial charge in [0.05, 0.1) is 16.3 Å². The number of halogens is 1. The molecule has 8 nitrogen and oxygen atoms in total. The maximum Gasteiger partial charge on any atom is 0.294 e. The van der Waals surface area contributed by atoms with E-state index in [0.29, 0.717) is 5.71 Å². The van der Waals surface area contributed by atoms with Crippen LogP contribution in [0.1, 0.15) is 12.5 Å². The molecule has 5 rings (SSSR count). The van der Waals surface area contributed by atoms with Crippen LogP contribution >= 0.6 is 27.7 Å². The van der Waals surface area contributed by atoms with E-state index in [1.807, 2.05) is 66.7 Å². The Balaban J connectivity index is 1.71. The second kappa shape index (κ2) is 9.12. The first-order valence-electron chi connectivity index (χ1n) is 10.6. The van der Waals surface area contributed by atoms with Gasteiger partial charge in [-0.1, -0.05) is 58.4 Å². The molecule has 0 saturated carbocycles. The van der Waals surface area contributed by atoms with Crippen LogP contribution in [0.4, 0.5) is 17.1 Å². The lowest BCUT2D eigenvalue weighted by Gasteiger charge is -2.43. The molecule has 3 aromatic rings. The summed E-state index contributed by atoms with van der Waals surface area (Å²) in [5.41, 5.74) is 2.47. The van der Waals surface area contributed by atoms with Gasteiger partial charge in [0.25, 0.3) is 5.69 Å². The van der Waals surface area contributed by atoms with Crippen LogP contribution in [-0.2, 0) is 4.79 Å². The minimum atomic E-state index is -1.17. The lowest BCUT2D eigenvalue weighted by Crippen LogP contribution is -2.54. The average Bonchev–Trinajstić information content (AvgIpc) is 3.25. The Morgan fingerprint density at radius 1 is 0.971 bits per heavy atom. The first-order valence-corrected chi connectivity index (χ1v) is 12.2. The highest BCUT2D eigenvalue weighted by Crippen LogP contribution is 2.49. The summed E-state index contributed by atoms with van der Waals surface area (Å²) in [4.78, 5) is 22.7. The van der Waals surface area contributed by atoms with Gasteiger partial charge in [-0.25, -0.2) is 10.0 Å². The zero-order chi connectivity index (χ0) is 24.6. The maximum absolute atomic E-state index is 12.4. The summed E-state index contributed by atoms with van der Waals surface area (Å²) < 4.78 is 0.950. The van der Waals surface area contributed by atoms with Crippen LogP contribution < -0.4 is 10.0 Å². The normalized spacial score (nSPS) is 19.0. The summed E-state index contributed by atoms with van der Waals surface area (Å²) in [5.74, 6) is -0.237. The highest BCUT2D eigenvalue weighted by molar-refractivity contribution is 9.10. The molecular formula is C25H18BrN5O3S. The van der Waals surface area contributed by atoms with E-state index in [0.717, 1.165) is 15.7 Å². The van der Waals surface area contributed by atoms with Gasteiger partial charge in [0.15, 0.2) is 10.8 Å². The van der Waals surface area contributed by atoms with E-state index in [2.05, 4.69) is 21.0 Å². The van der Waals surface area contributed by atoms with Gasteiger partial charge >= 0.3 is 0 Å². The van der Waals surface area contributed by atoms with Gasteiger partial charge in [-0.3, -0.25) is 14.9 Å². The Morgan fingerprint density at radius 3 is 2.34 bits per heavy atom. The lowest BCUT2D eigenvalue weighted by atomic mass is 10.1. The van der Waals surface area contributed by atoms with Gasteiger partial charge in [-0.15, -0.1) is 0 Å². The van der Waals surface area contributed by atoms with Crippen molar-refractivity contribution in [3.63, 3.8) is 0 Å². The molecule has 2 heterocycles. The van der Waals surface area contributed by atoms with Crippen LogP contribution in [0.3, 0.4) is 0 Å². The summed E-state index contributed by atoms with van der Waals surface area (Å²) in [6, 6.07) is 23.6. The van der Waals surface area contributed by atoms with E-state index >= 15 is 0 Å². The number of thioether (sulfide) groups is 1. The first kappa shape index (κ1) is 23.0. The van der Waals surface area contributed by atoms with Crippen molar-refractivity contribution in [1.82, 2.24) is 0 Å². The van der Waals surface area contributed by atoms with Crippen molar-refractivity contribution in [3.8, 4) is 0 Å². The van der Waals surface area contributed by atoms with Gasteiger partial charge in [-0.05, 0) is 54.2 Å². The smallest absolute Gasteiger partial charge is 0.292 e. The monoisotopic (exact) mass is 547 g/mol. The molecule has 0 amide bonds. The first-order chi connectivity index (χ1) is 16.9. The SMILES string of the molecule is CC(=O)C1=NN(c2ccccc2[N+](=O)[O-])C2(C=CC(c3ccc(Br)cc3)=NN2c2ccccc2)S1. The fourth-order valence-electron chi connectivity index (χ4n) is 3.83. The third kappa shape index (κ3) is 4.15. The number of allylic oxidation sites excluding steroid dienone is 1. The molecule has 0 aromatic heterocycles. The fraction of sp³-hybridized carbons (Fsp3) is 0.0800. The second-order valence-corrected chi connectivity index (χ2v) is 9.86. The zero-order valence-electron chi connectivity index (χ0n) is 18.4. The van der Waals surface area contributed by atoms with E-state index in [-0.39, 0.29) is 22.2 Å². The van der Waals surface area contributed by atoms with Crippen LogP contribution in [0.25, 0.3) is 0 Å². The molecule has 3 aromatic carbocycles. The molecule has 1 spiro atoms. The molecule has 174 valence electrons. The summed E-state index contributed by atoms with van der Waals surface area (Å²) in [6.45, 7) is 1.43. The number of ketones is 1. The Kier molecular flexibility index (Phi) is 6.00. The molecule has 1 unspecified atom stereocenters. The standard InChI is InChI=1S/C25H18BrN5O3S/c1-17(32)24-28-30(22-9-5-6-10-23(22)31(33)34)25(35-24)16-15-21(18-11-13-19(26)14-12-18)27-29(25)20-7-3-2-4-8-20/h2-16H,1H3. The molecule has 0 aliphatic carbocycles. The third-order valence-corrected chi connectivity index (χ3v) is 7.33. The number of anilines is 2. The summed E-state index contributed by atoms with van der Waals surface area (Å²) >= 11 is 4.65. The lowest BCUT2D eigenvalue weighted by molar-refractivity contribution is -0.384. The highest BCUT2D eigenvalue weighted by atomic mass is 79.9. The number of nitro groups is 1. The topological polar surface area (TPSA) is 91.4 Å². The number of hydrazone groups is 2. The van der Waals surface area contributed by atoms with Gasteiger partial charge in [0, 0.05) is 23.0 Å². The number of rotatable bonds is 5. The number of hydrogen-bond donors (Lipinski definition) is 0. The molecule has 1 atom stereocenters. The van der Waals surface area contributed by atoms with Crippen LogP contribution in [0.5, 0.6) is 0 Å². The number of hydrogen-bond acceptors (Lipinski definition) is 8. The zero-order valence-corrected chi connectivity index (χ0v) is 20.8. The van der Waals surface area contributed by atoms with Crippen molar-refractivity contribution in [3.05, 3.63) is 111 Å². The van der Waals surface area contributed by atoms with Gasteiger partial charge in [0.2, 0.25) is 4.99 Å². The van der Waals surface area contributed by atoms with Crippen molar-refractivity contribution < 1.29 is 9.72 Å². The van der Waals surface area contributed by atoms with E-state index in [4.69, 9.17) is 5.10 Å². The molecule has 0 bridgehead atoms. The molecule has 0 radical (unpaired) electrons. The predicted octanol–water partition coefficient (Wildman–Crippen LogP) is 5.95. The third-order valence-electron chi connectivity index (χ3n) is 5.46. The van der Waals surface area contributed by atoms with Crippen molar-refractivity contribution >= 4 is 61.3 Å². The molecule has 0 saturated heterocycles. The number of carbonyl (C=O) groups excluding carboxylic acids is 1. The summed E-state index contributed by atoms with van der Waals surface area (Å²) in [6.07, 6.45) is 3.74. The number of carbonyl (C=O) groups is 1. The van der Waals surface area contributed by atoms with Gasteiger partial charge in [0.1, 0.15) is 5.69 Å². The minimum Gasteiger partial charge on any atom is -0.292 e. The second-order valence-electron chi connectivity index (χ2n) is 7.75. The molecule has 10 heteroatoms. The van der Waals surface area contributed by atoms with Gasteiger partial charge < -0.3 is 0 Å². The summed E-state index contributed by atoms with van der Waals surface area (Å²) in [5, 5.41) is 24.9. The van der Waals surface area contributed by atoms with Crippen molar-refractivity contribution in [2.45, 2.75) is 11.9 Å². The summed E-state index contributed by atoms with van der Waals surface area (Å²) in [7, 11) is 0. The number of Topliss-reactive ketones (excluding diaryl/α,β-unsaturated/α-hetero) is 1. The minimum absolute atomic E-state index is 0.120. The highest BCUT2D eigenvalue weighted by Gasteiger charge is 2.52. The van der Waals surface area contributed by atoms with E-state index in [1.54, 1.807) is 23.2 Å². The van der Waals surface area contributed by atoms with Crippen molar-refractivity contribution in [2.24, 2.45) is 10.2 Å². The van der Waals surface area contributed by atoms with Crippen LogP contribution in [0.2, 0.25) is 0 Å². The molecular weight excluding hydrogens is 530 g/mol. The molecule has 2 aliphatic rings. The fourth-order valence-corrected chi connectivity index (χ4v) is 5.24. The van der Waals surface area contributed by atoms with Gasteiger partial charge in [-0.2, -0.15) is 10.2 Å². The largest absolute Gasteiger partial charge is 0.294 e. The Morgan fingerprint density at radius 2 is 1.66 bits per heavy atom. The Hall–Kier alpha value is -3.76. The maximum atomic E-state index is 12.4. The van der Waals surface area contributed by atoms with Crippen molar-refractivity contribution in [1.29, 1.82) is 0 Å². The van der Waals surface area contributed by atoms with Crippen LogP contribution in [-0.4, -0.2) is 26.5 Å². The Labute approximate surface area is 213 Å². The van der Waals surface area contributed by atoms with Crippen molar-refractivity contribution in [2.75, 3.05) is 10.0 Å². The molecule has 0 N–H and O–H groups in total. The molecule has 0 fully saturated rings. The number of nitrogens with zero attached hydrogens (tertiary/aromatic N) is 5.